The van der Waals surface area contributed by atoms with Gasteiger partial charge in [0, 0.05) is 19.1 Å². The van der Waals surface area contributed by atoms with Crippen molar-refractivity contribution in [3.8, 4) is 0 Å². The highest BCUT2D eigenvalue weighted by Crippen LogP contribution is 2.27. The maximum Gasteiger partial charge on any atom is 0.240 e. The molecule has 1 atom stereocenters. The van der Waals surface area contributed by atoms with Gasteiger partial charge in [0.25, 0.3) is 0 Å². The highest BCUT2D eigenvalue weighted by molar-refractivity contribution is 5.86. The third-order valence-electron chi connectivity index (χ3n) is 4.21. The highest BCUT2D eigenvalue weighted by atomic mass is 35.5. The molecule has 2 rings (SSSR count). The molecule has 0 spiro atoms. The van der Waals surface area contributed by atoms with Crippen LogP contribution in [-0.2, 0) is 11.3 Å². The van der Waals surface area contributed by atoms with Crippen LogP contribution in [0.4, 0.5) is 0 Å². The molecule has 1 aliphatic carbocycles. The molecule has 0 radical (unpaired) electrons. The zero-order chi connectivity index (χ0) is 15.3. The first-order valence-electron chi connectivity index (χ1n) is 7.82. The Morgan fingerprint density at radius 2 is 1.91 bits per heavy atom. The fraction of sp³-hybridized carbons (Fsp3) is 0.588. The summed E-state index contributed by atoms with van der Waals surface area (Å²) in [5.41, 5.74) is 6.83. The van der Waals surface area contributed by atoms with Crippen molar-refractivity contribution in [3.05, 3.63) is 35.9 Å². The van der Waals surface area contributed by atoms with E-state index in [1.165, 1.54) is 5.56 Å². The van der Waals surface area contributed by atoms with Gasteiger partial charge in [-0.1, -0.05) is 43.2 Å². The van der Waals surface area contributed by atoms with Crippen LogP contribution in [0.15, 0.2) is 30.3 Å². The zero-order valence-corrected chi connectivity index (χ0v) is 14.4. The number of carbonyl (C=O) groups is 1. The topological polar surface area (TPSA) is 58.4 Å². The van der Waals surface area contributed by atoms with Crippen LogP contribution >= 0.6 is 12.4 Å². The van der Waals surface area contributed by atoms with Crippen molar-refractivity contribution in [3.63, 3.8) is 0 Å². The second-order valence-corrected chi connectivity index (χ2v) is 6.42. The minimum atomic E-state index is -0.633. The van der Waals surface area contributed by atoms with E-state index in [2.05, 4.69) is 29.4 Å². The van der Waals surface area contributed by atoms with Crippen LogP contribution < -0.4 is 11.1 Å². The Morgan fingerprint density at radius 3 is 2.50 bits per heavy atom. The summed E-state index contributed by atoms with van der Waals surface area (Å²) in [6.45, 7) is 3.74. The van der Waals surface area contributed by atoms with Crippen LogP contribution in [0, 0.1) is 0 Å². The highest BCUT2D eigenvalue weighted by Gasteiger charge is 2.37. The van der Waals surface area contributed by atoms with E-state index in [1.54, 1.807) is 0 Å². The molecule has 1 aromatic carbocycles. The monoisotopic (exact) mass is 325 g/mol. The summed E-state index contributed by atoms with van der Waals surface area (Å²) in [6.07, 6.45) is 3.75. The summed E-state index contributed by atoms with van der Waals surface area (Å²) < 4.78 is 0. The fourth-order valence-electron chi connectivity index (χ4n) is 3.07. The number of nitrogens with two attached hydrogens (primary N) is 1. The van der Waals surface area contributed by atoms with Gasteiger partial charge in [-0.05, 0) is 32.4 Å². The molecule has 0 heterocycles. The lowest BCUT2D eigenvalue weighted by Gasteiger charge is -2.27. The summed E-state index contributed by atoms with van der Waals surface area (Å²) in [7, 11) is 2.07. The van der Waals surface area contributed by atoms with Gasteiger partial charge in [0.05, 0.1) is 5.54 Å². The minimum Gasteiger partial charge on any atom is -0.351 e. The van der Waals surface area contributed by atoms with Gasteiger partial charge in [0.1, 0.15) is 0 Å². The van der Waals surface area contributed by atoms with E-state index in [1.807, 2.05) is 25.1 Å². The lowest BCUT2D eigenvalue weighted by molar-refractivity contribution is -0.126. The normalized spacial score (nSPS) is 17.8. The molecule has 1 aliphatic rings. The third kappa shape index (κ3) is 5.27. The molecule has 3 N–H and O–H groups in total. The average molecular weight is 326 g/mol. The van der Waals surface area contributed by atoms with Gasteiger partial charge >= 0.3 is 0 Å². The van der Waals surface area contributed by atoms with Crippen molar-refractivity contribution in [1.82, 2.24) is 10.2 Å². The average Bonchev–Trinajstić information content (AvgIpc) is 2.87. The quantitative estimate of drug-likeness (QED) is 0.844. The standard InChI is InChI=1S/C17H27N3O.ClH/c1-14(19-16(21)17(18)10-6-7-11-17)12-20(2)13-15-8-4-3-5-9-15;/h3-5,8-9,14H,6-7,10-13,18H2,1-2H3,(H,19,21);1H. The molecule has 1 amide bonds. The smallest absolute Gasteiger partial charge is 0.240 e. The zero-order valence-electron chi connectivity index (χ0n) is 13.5. The Morgan fingerprint density at radius 1 is 1.32 bits per heavy atom. The van der Waals surface area contributed by atoms with Gasteiger partial charge in [0.2, 0.25) is 5.91 Å². The van der Waals surface area contributed by atoms with Crippen LogP contribution in [0.3, 0.4) is 0 Å². The number of halogens is 1. The Balaban J connectivity index is 0.00000242. The maximum atomic E-state index is 12.3. The van der Waals surface area contributed by atoms with E-state index in [0.717, 1.165) is 38.8 Å². The number of likely N-dealkylation sites (N-methyl/N-ethyl adjacent to an activating group) is 1. The summed E-state index contributed by atoms with van der Waals surface area (Å²) >= 11 is 0. The largest absolute Gasteiger partial charge is 0.351 e. The molecule has 1 aromatic rings. The van der Waals surface area contributed by atoms with Gasteiger partial charge in [-0.3, -0.25) is 4.79 Å². The second-order valence-electron chi connectivity index (χ2n) is 6.42. The molecule has 124 valence electrons. The summed E-state index contributed by atoms with van der Waals surface area (Å²) in [5.74, 6) is 0.0145. The van der Waals surface area contributed by atoms with Gasteiger partial charge < -0.3 is 16.0 Å². The first kappa shape index (κ1) is 18.9. The van der Waals surface area contributed by atoms with E-state index in [4.69, 9.17) is 5.73 Å². The van der Waals surface area contributed by atoms with Gasteiger partial charge in [-0.2, -0.15) is 0 Å². The van der Waals surface area contributed by atoms with Crippen molar-refractivity contribution in [2.45, 2.75) is 50.7 Å². The molecule has 0 bridgehead atoms. The molecule has 0 saturated heterocycles. The van der Waals surface area contributed by atoms with Gasteiger partial charge in [0.15, 0.2) is 0 Å². The van der Waals surface area contributed by atoms with Gasteiger partial charge in [-0.15, -0.1) is 12.4 Å². The first-order chi connectivity index (χ1) is 9.99. The number of benzene rings is 1. The second kappa shape index (κ2) is 8.51. The van der Waals surface area contributed by atoms with Crippen molar-refractivity contribution < 1.29 is 4.79 Å². The van der Waals surface area contributed by atoms with E-state index < -0.39 is 5.54 Å². The number of nitrogens with zero attached hydrogens (tertiary/aromatic N) is 1. The van der Waals surface area contributed by atoms with Crippen LogP contribution in [-0.4, -0.2) is 36.0 Å². The molecule has 1 fully saturated rings. The molecular formula is C17H28ClN3O. The van der Waals surface area contributed by atoms with E-state index in [9.17, 15) is 4.79 Å². The number of hydrogen-bond donors (Lipinski definition) is 2. The third-order valence-corrected chi connectivity index (χ3v) is 4.21. The lowest BCUT2D eigenvalue weighted by atomic mass is 9.98. The lowest BCUT2D eigenvalue weighted by Crippen LogP contribution is -2.55. The summed E-state index contributed by atoms with van der Waals surface area (Å²) in [6, 6.07) is 10.5. The molecule has 22 heavy (non-hydrogen) atoms. The van der Waals surface area contributed by atoms with Crippen molar-refractivity contribution >= 4 is 18.3 Å². The number of rotatable bonds is 6. The van der Waals surface area contributed by atoms with Crippen LogP contribution in [0.1, 0.15) is 38.2 Å². The van der Waals surface area contributed by atoms with Crippen molar-refractivity contribution in [2.75, 3.05) is 13.6 Å². The number of amides is 1. The van der Waals surface area contributed by atoms with E-state index in [0.29, 0.717) is 0 Å². The molecule has 1 unspecified atom stereocenters. The van der Waals surface area contributed by atoms with Crippen molar-refractivity contribution in [1.29, 1.82) is 0 Å². The Bertz CT molecular complexity index is 460. The fourth-order valence-corrected chi connectivity index (χ4v) is 3.07. The Hall–Kier alpha value is -1.10. The molecule has 1 saturated carbocycles. The summed E-state index contributed by atoms with van der Waals surface area (Å²) in [5, 5.41) is 3.07. The number of hydrogen-bond acceptors (Lipinski definition) is 3. The minimum absolute atomic E-state index is 0. The van der Waals surface area contributed by atoms with Crippen molar-refractivity contribution in [2.24, 2.45) is 5.73 Å². The van der Waals surface area contributed by atoms with Gasteiger partial charge in [-0.25, -0.2) is 0 Å². The number of nitrogens with one attached hydrogen (secondary N) is 1. The van der Waals surface area contributed by atoms with E-state index in [-0.39, 0.29) is 24.4 Å². The summed E-state index contributed by atoms with van der Waals surface area (Å²) in [4.78, 5) is 14.5. The van der Waals surface area contributed by atoms with Crippen LogP contribution in [0.25, 0.3) is 0 Å². The first-order valence-corrected chi connectivity index (χ1v) is 7.82. The molecular weight excluding hydrogens is 298 g/mol. The van der Waals surface area contributed by atoms with Crippen LogP contribution in [0.2, 0.25) is 0 Å². The Kier molecular flexibility index (Phi) is 7.33. The van der Waals surface area contributed by atoms with E-state index >= 15 is 0 Å². The molecule has 0 aromatic heterocycles. The predicted molar refractivity (Wildman–Crippen MR) is 93.0 cm³/mol. The SMILES string of the molecule is CC(CN(C)Cc1ccccc1)NC(=O)C1(N)CCCC1.Cl. The number of carbonyl (C=O) groups excluding carboxylic acids is 1. The molecule has 0 aliphatic heterocycles. The Labute approximate surface area is 139 Å². The predicted octanol–water partition coefficient (Wildman–Crippen LogP) is 2.32. The maximum absolute atomic E-state index is 12.3. The molecule has 5 heteroatoms. The van der Waals surface area contributed by atoms with Crippen LogP contribution in [0.5, 0.6) is 0 Å². The molecule has 4 nitrogen and oxygen atoms in total.